The Kier molecular flexibility index (Phi) is 4.83. The van der Waals surface area contributed by atoms with E-state index in [1.165, 1.54) is 7.11 Å². The number of nitrogens with zero attached hydrogens (tertiary/aromatic N) is 1. The number of likely N-dealkylation sites (N-methyl/N-ethyl adjacent to an activating group) is 1. The van der Waals surface area contributed by atoms with Gasteiger partial charge in [-0.05, 0) is 13.0 Å². The summed E-state index contributed by atoms with van der Waals surface area (Å²) in [6.07, 6.45) is 4.24. The number of hydrogen-bond acceptors (Lipinski definition) is 4. The van der Waals surface area contributed by atoms with Crippen molar-refractivity contribution in [3.63, 3.8) is 0 Å². The average molecular weight is 329 g/mol. The first-order chi connectivity index (χ1) is 11.6. The van der Waals surface area contributed by atoms with E-state index in [1.54, 1.807) is 12.1 Å². The zero-order valence-electron chi connectivity index (χ0n) is 14.3. The van der Waals surface area contributed by atoms with E-state index in [2.05, 4.69) is 5.32 Å². The average Bonchev–Trinajstić information content (AvgIpc) is 2.88. The molecule has 0 saturated carbocycles. The van der Waals surface area contributed by atoms with Gasteiger partial charge in [-0.15, -0.1) is 0 Å². The van der Waals surface area contributed by atoms with Gasteiger partial charge in [0, 0.05) is 18.5 Å². The lowest BCUT2D eigenvalue weighted by Crippen LogP contribution is -2.59. The maximum Gasteiger partial charge on any atom is 0.260 e. The summed E-state index contributed by atoms with van der Waals surface area (Å²) in [5.74, 6) is 0.330. The number of ketones is 2. The van der Waals surface area contributed by atoms with Gasteiger partial charge in [0.05, 0.1) is 20.6 Å². The lowest BCUT2D eigenvalue weighted by molar-refractivity contribution is -0.896. The van der Waals surface area contributed by atoms with Crippen LogP contribution < -0.4 is 5.32 Å². The van der Waals surface area contributed by atoms with E-state index in [1.807, 2.05) is 31.4 Å². The number of benzene rings is 1. The largest absolute Gasteiger partial charge is 0.489 e. The van der Waals surface area contributed by atoms with E-state index >= 15 is 0 Å². The molecule has 5 nitrogen and oxygen atoms in total. The molecule has 0 radical (unpaired) electrons. The van der Waals surface area contributed by atoms with Gasteiger partial charge in [0.2, 0.25) is 5.76 Å². The third kappa shape index (κ3) is 3.01. The predicted molar refractivity (Wildman–Crippen MR) is 91.4 cm³/mol. The Morgan fingerprint density at radius 3 is 2.71 bits per heavy atom. The van der Waals surface area contributed by atoms with E-state index in [9.17, 15) is 9.59 Å². The molecule has 0 spiro atoms. The maximum atomic E-state index is 12.8. The van der Waals surface area contributed by atoms with Crippen molar-refractivity contribution in [1.82, 2.24) is 5.32 Å². The summed E-state index contributed by atoms with van der Waals surface area (Å²) in [5, 5.41) is 3.41. The second-order valence-electron chi connectivity index (χ2n) is 6.79. The molecule has 5 heteroatoms. The molecule has 2 aliphatic rings. The third-order valence-corrected chi connectivity index (χ3v) is 5.36. The number of ether oxygens (including phenoxy) is 1. The second kappa shape index (κ2) is 6.87. The van der Waals surface area contributed by atoms with E-state index in [0.717, 1.165) is 25.9 Å². The van der Waals surface area contributed by atoms with Gasteiger partial charge in [0.25, 0.3) is 5.78 Å². The topological polar surface area (TPSA) is 55.4 Å². The van der Waals surface area contributed by atoms with Crippen LogP contribution in [0, 0.1) is 0 Å². The summed E-state index contributed by atoms with van der Waals surface area (Å²) < 4.78 is 5.74. The van der Waals surface area contributed by atoms with Crippen LogP contribution in [0.5, 0.6) is 0 Å². The predicted octanol–water partition coefficient (Wildman–Crippen LogP) is 1.90. The van der Waals surface area contributed by atoms with Crippen LogP contribution in [0.15, 0.2) is 42.3 Å². The van der Waals surface area contributed by atoms with Gasteiger partial charge in [-0.25, -0.2) is 0 Å². The summed E-state index contributed by atoms with van der Waals surface area (Å²) in [7, 11) is 3.57. The summed E-state index contributed by atoms with van der Waals surface area (Å²) in [6.45, 7) is 1.87. The molecule has 2 aliphatic heterocycles. The Labute approximate surface area is 142 Å². The lowest BCUT2D eigenvalue weighted by Gasteiger charge is -2.41. The zero-order chi connectivity index (χ0) is 17.2. The highest BCUT2D eigenvalue weighted by Gasteiger charge is 2.51. The van der Waals surface area contributed by atoms with E-state index in [4.69, 9.17) is 4.74 Å². The number of Topliss-reactive ketones (excluding diaryl/α,β-unsaturated/α-hetero) is 2. The number of hydrogen-bond donors (Lipinski definition) is 1. The Morgan fingerprint density at radius 1 is 1.33 bits per heavy atom. The van der Waals surface area contributed by atoms with Crippen molar-refractivity contribution in [2.45, 2.75) is 31.3 Å². The van der Waals surface area contributed by atoms with Crippen molar-refractivity contribution in [2.75, 3.05) is 27.2 Å². The number of methoxy groups -OCH3 is 1. The maximum absolute atomic E-state index is 12.8. The number of carbonyl (C=O) groups excluding carboxylic acids is 2. The van der Waals surface area contributed by atoms with Crippen LogP contribution in [0.4, 0.5) is 0 Å². The Balaban J connectivity index is 1.86. The van der Waals surface area contributed by atoms with Crippen molar-refractivity contribution < 1.29 is 18.8 Å². The van der Waals surface area contributed by atoms with Crippen LogP contribution in [0.2, 0.25) is 0 Å². The van der Waals surface area contributed by atoms with Crippen molar-refractivity contribution >= 4 is 11.6 Å². The van der Waals surface area contributed by atoms with Gasteiger partial charge in [-0.2, -0.15) is 0 Å². The Hall–Kier alpha value is -1.98. The molecular weight excluding hydrogens is 304 g/mol. The van der Waals surface area contributed by atoms with Gasteiger partial charge in [0.15, 0.2) is 11.8 Å². The van der Waals surface area contributed by atoms with Crippen molar-refractivity contribution in [1.29, 1.82) is 0 Å². The fourth-order valence-electron chi connectivity index (χ4n) is 3.85. The Morgan fingerprint density at radius 2 is 2.08 bits per heavy atom. The number of quaternary nitrogens is 1. The van der Waals surface area contributed by atoms with Crippen LogP contribution in [0.25, 0.3) is 0 Å². The molecular formula is C19H25N2O3+. The highest BCUT2D eigenvalue weighted by molar-refractivity contribution is 6.04. The molecule has 1 fully saturated rings. The third-order valence-electron chi connectivity index (χ3n) is 5.36. The first kappa shape index (κ1) is 16.9. The van der Waals surface area contributed by atoms with Crippen LogP contribution in [-0.4, -0.2) is 55.4 Å². The fraction of sp³-hybridized carbons (Fsp3) is 0.474. The quantitative estimate of drug-likeness (QED) is 0.662. The van der Waals surface area contributed by atoms with Gasteiger partial charge in [-0.1, -0.05) is 30.3 Å². The monoisotopic (exact) mass is 329 g/mol. The van der Waals surface area contributed by atoms with E-state index in [-0.39, 0.29) is 24.0 Å². The van der Waals surface area contributed by atoms with Crippen LogP contribution >= 0.6 is 0 Å². The van der Waals surface area contributed by atoms with Gasteiger partial charge in [-0.3, -0.25) is 14.1 Å². The summed E-state index contributed by atoms with van der Waals surface area (Å²) >= 11 is 0. The molecule has 3 atom stereocenters. The minimum absolute atomic E-state index is 0.00724. The summed E-state index contributed by atoms with van der Waals surface area (Å²) in [4.78, 5) is 25.5. The molecule has 0 aliphatic carbocycles. The SMILES string of the molecule is COC1=C[N+](C)(C2CCCNC2)C(CC(=O)c2ccccc2)C1=O. The number of rotatable bonds is 5. The summed E-state index contributed by atoms with van der Waals surface area (Å²) in [5.41, 5.74) is 0.657. The minimum atomic E-state index is -0.405. The number of piperidine rings is 1. The van der Waals surface area contributed by atoms with Gasteiger partial charge < -0.3 is 10.1 Å². The van der Waals surface area contributed by atoms with Crippen molar-refractivity contribution in [3.8, 4) is 0 Å². The normalized spacial score (nSPS) is 30.1. The number of carbonyl (C=O) groups is 2. The molecule has 0 amide bonds. The first-order valence-electron chi connectivity index (χ1n) is 8.52. The van der Waals surface area contributed by atoms with Gasteiger partial charge in [0.1, 0.15) is 12.2 Å². The van der Waals surface area contributed by atoms with Crippen LogP contribution in [-0.2, 0) is 9.53 Å². The Bertz CT molecular complexity index is 650. The van der Waals surface area contributed by atoms with Crippen molar-refractivity contribution in [3.05, 3.63) is 47.9 Å². The molecule has 1 N–H and O–H groups in total. The molecule has 1 aromatic rings. The molecule has 0 bridgehead atoms. The van der Waals surface area contributed by atoms with Crippen molar-refractivity contribution in [2.24, 2.45) is 0 Å². The first-order valence-corrected chi connectivity index (χ1v) is 8.52. The molecule has 1 aromatic carbocycles. The second-order valence-corrected chi connectivity index (χ2v) is 6.79. The van der Waals surface area contributed by atoms with Crippen LogP contribution in [0.1, 0.15) is 29.6 Å². The standard InChI is InChI=1S/C19H25N2O3/c1-21(15-9-6-10-20-12-15)13-18(24-2)19(23)16(21)11-17(22)14-7-4-3-5-8-14/h3-5,7-8,13,15-16,20H,6,9-12H2,1-2H3/q+1. The molecule has 3 rings (SSSR count). The molecule has 3 unspecified atom stereocenters. The molecule has 24 heavy (non-hydrogen) atoms. The smallest absolute Gasteiger partial charge is 0.260 e. The highest BCUT2D eigenvalue weighted by atomic mass is 16.5. The summed E-state index contributed by atoms with van der Waals surface area (Å²) in [6, 6.07) is 9.07. The highest BCUT2D eigenvalue weighted by Crippen LogP contribution is 2.34. The lowest BCUT2D eigenvalue weighted by atomic mass is 9.96. The molecule has 128 valence electrons. The molecule has 1 saturated heterocycles. The number of nitrogens with one attached hydrogen (secondary N) is 1. The van der Waals surface area contributed by atoms with Gasteiger partial charge >= 0.3 is 0 Å². The fourth-order valence-corrected chi connectivity index (χ4v) is 3.85. The molecule has 0 aromatic heterocycles. The van der Waals surface area contributed by atoms with E-state index < -0.39 is 6.04 Å². The van der Waals surface area contributed by atoms with E-state index in [0.29, 0.717) is 15.8 Å². The minimum Gasteiger partial charge on any atom is -0.489 e. The zero-order valence-corrected chi connectivity index (χ0v) is 14.3. The molecule has 2 heterocycles. The van der Waals surface area contributed by atoms with Crippen LogP contribution in [0.3, 0.4) is 0 Å².